The lowest BCUT2D eigenvalue weighted by Gasteiger charge is -2.09. The smallest absolute Gasteiger partial charge is 0.549 e. The summed E-state index contributed by atoms with van der Waals surface area (Å²) in [5, 5.41) is 8.27. The number of carbonyl (C=O) groups excluding carboxylic acids is 2. The third-order valence-corrected chi connectivity index (χ3v) is 4.42. The van der Waals surface area contributed by atoms with E-state index in [4.69, 9.17) is 5.11 Å². The zero-order valence-electron chi connectivity index (χ0n) is 11.5. The van der Waals surface area contributed by atoms with Gasteiger partial charge in [-0.05, 0) is 36.5 Å². The molecule has 1 aromatic carbocycles. The van der Waals surface area contributed by atoms with E-state index in [1.54, 1.807) is 12.1 Å². The highest BCUT2D eigenvalue weighted by Gasteiger charge is 2.26. The Morgan fingerprint density at radius 3 is 2.65 bits per heavy atom. The van der Waals surface area contributed by atoms with Gasteiger partial charge in [0.05, 0.1) is 5.69 Å². The molecule has 0 aliphatic heterocycles. The fourth-order valence-electron chi connectivity index (χ4n) is 3.41. The lowest BCUT2D eigenvalue weighted by atomic mass is 9.94. The predicted octanol–water partition coefficient (Wildman–Crippen LogP) is 2.51. The number of rotatable bonds is 3. The van der Waals surface area contributed by atoms with Crippen LogP contribution in [0.2, 0.25) is 0 Å². The van der Waals surface area contributed by atoms with Gasteiger partial charge in [0, 0.05) is 22.7 Å². The molecule has 2 N–H and O–H groups in total. The van der Waals surface area contributed by atoms with Crippen LogP contribution in [0.3, 0.4) is 0 Å². The molecule has 4 nitrogen and oxygen atoms in total. The fourth-order valence-corrected chi connectivity index (χ4v) is 3.41. The third kappa shape index (κ3) is 1.83. The van der Waals surface area contributed by atoms with Gasteiger partial charge in [-0.2, -0.15) is 0 Å². The van der Waals surface area contributed by atoms with Crippen LogP contribution in [0.1, 0.15) is 58.0 Å². The third-order valence-electron chi connectivity index (χ3n) is 4.42. The topological polar surface area (TPSA) is 62.0 Å². The van der Waals surface area contributed by atoms with Crippen molar-refractivity contribution in [2.24, 2.45) is 7.05 Å². The summed E-state index contributed by atoms with van der Waals surface area (Å²) in [7, 11) is 1.85. The molecular formula is C16H18NO3+. The SMILES string of the molecule is Cn1c(C=O)c(C2CCCC2)c2ccc(C(=O)[OH2+])cc21. The number of hydrogen-bond acceptors (Lipinski definition) is 2. The number of aromatic nitrogens is 1. The molecule has 1 fully saturated rings. The molecule has 1 heterocycles. The first-order chi connectivity index (χ1) is 9.63. The Morgan fingerprint density at radius 2 is 2.05 bits per heavy atom. The molecule has 3 rings (SSSR count). The van der Waals surface area contributed by atoms with E-state index in [0.717, 1.165) is 35.6 Å². The Balaban J connectivity index is 2.27. The van der Waals surface area contributed by atoms with Gasteiger partial charge in [-0.15, -0.1) is 0 Å². The van der Waals surface area contributed by atoms with Crippen LogP contribution in [0.4, 0.5) is 0 Å². The quantitative estimate of drug-likeness (QED) is 0.636. The molecule has 4 heteroatoms. The van der Waals surface area contributed by atoms with Gasteiger partial charge in [-0.25, -0.2) is 0 Å². The van der Waals surface area contributed by atoms with Crippen LogP contribution in [0.5, 0.6) is 0 Å². The van der Waals surface area contributed by atoms with Crippen molar-refractivity contribution < 1.29 is 14.7 Å². The van der Waals surface area contributed by atoms with Crippen LogP contribution in [0, 0.1) is 0 Å². The number of fused-ring (bicyclic) bond motifs is 1. The first kappa shape index (κ1) is 12.9. The van der Waals surface area contributed by atoms with Crippen molar-refractivity contribution >= 4 is 23.2 Å². The first-order valence-corrected chi connectivity index (χ1v) is 6.97. The highest BCUT2D eigenvalue weighted by Crippen LogP contribution is 2.40. The van der Waals surface area contributed by atoms with Crippen molar-refractivity contribution in [3.63, 3.8) is 0 Å². The maximum atomic E-state index is 11.5. The van der Waals surface area contributed by atoms with Gasteiger partial charge < -0.3 is 9.67 Å². The number of nitrogens with zero attached hydrogens (tertiary/aromatic N) is 1. The summed E-state index contributed by atoms with van der Waals surface area (Å²) < 4.78 is 1.85. The van der Waals surface area contributed by atoms with Gasteiger partial charge in [0.15, 0.2) is 6.29 Å². The van der Waals surface area contributed by atoms with Crippen LogP contribution in [-0.2, 0) is 7.05 Å². The molecular weight excluding hydrogens is 254 g/mol. The van der Waals surface area contributed by atoms with E-state index in [-0.39, 0.29) is 0 Å². The summed E-state index contributed by atoms with van der Waals surface area (Å²) in [6.45, 7) is 0. The van der Waals surface area contributed by atoms with E-state index in [9.17, 15) is 9.59 Å². The molecule has 0 radical (unpaired) electrons. The number of aryl methyl sites for hydroxylation is 1. The van der Waals surface area contributed by atoms with Gasteiger partial charge in [-0.1, -0.05) is 18.9 Å². The fraction of sp³-hybridized carbons (Fsp3) is 0.375. The van der Waals surface area contributed by atoms with Crippen LogP contribution in [0.15, 0.2) is 18.2 Å². The van der Waals surface area contributed by atoms with Crippen molar-refractivity contribution in [2.75, 3.05) is 0 Å². The molecule has 0 atom stereocenters. The highest BCUT2D eigenvalue weighted by molar-refractivity contribution is 5.98. The van der Waals surface area contributed by atoms with Crippen molar-refractivity contribution in [2.45, 2.75) is 31.6 Å². The Morgan fingerprint density at radius 1 is 1.35 bits per heavy atom. The molecule has 1 aliphatic carbocycles. The van der Waals surface area contributed by atoms with Crippen LogP contribution < -0.4 is 0 Å². The van der Waals surface area contributed by atoms with Crippen molar-refractivity contribution in [3.8, 4) is 0 Å². The number of benzene rings is 1. The summed E-state index contributed by atoms with van der Waals surface area (Å²) >= 11 is 0. The minimum absolute atomic E-state index is 0.369. The zero-order chi connectivity index (χ0) is 14.3. The normalized spacial score (nSPS) is 15.8. The number of hydrogen-bond donors (Lipinski definition) is 0. The maximum Gasteiger partial charge on any atom is 0.549 e. The Hall–Kier alpha value is -2.10. The minimum atomic E-state index is -0.692. The average Bonchev–Trinajstić information content (AvgIpc) is 3.04. The molecule has 0 saturated heterocycles. The lowest BCUT2D eigenvalue weighted by Crippen LogP contribution is -2.00. The number of carbonyl (C=O) groups is 2. The number of aldehydes is 1. The Kier molecular flexibility index (Phi) is 3.08. The standard InChI is InChI=1S/C16H17NO3/c1-17-13-8-11(16(19)20)6-7-12(13)15(14(17)9-18)10-4-2-3-5-10/h6-10H,2-5H2,1H3,(H,19,20)/p+1. The maximum absolute atomic E-state index is 11.5. The second-order valence-electron chi connectivity index (χ2n) is 5.52. The molecule has 0 bridgehead atoms. The van der Waals surface area contributed by atoms with Crippen molar-refractivity contribution in [1.29, 1.82) is 0 Å². The Labute approximate surface area is 117 Å². The second-order valence-corrected chi connectivity index (χ2v) is 5.52. The largest absolute Gasteiger partial charge is 0.561 e. The highest BCUT2D eigenvalue weighted by atomic mass is 16.4. The zero-order valence-corrected chi connectivity index (χ0v) is 11.5. The predicted molar refractivity (Wildman–Crippen MR) is 77.5 cm³/mol. The monoisotopic (exact) mass is 272 g/mol. The first-order valence-electron chi connectivity index (χ1n) is 6.97. The van der Waals surface area contributed by atoms with E-state index in [1.165, 1.54) is 12.8 Å². The average molecular weight is 272 g/mol. The van der Waals surface area contributed by atoms with Crippen LogP contribution in [-0.4, -0.2) is 21.9 Å². The summed E-state index contributed by atoms with van der Waals surface area (Å²) in [5.41, 5.74) is 3.07. The van der Waals surface area contributed by atoms with Gasteiger partial charge in [0.1, 0.15) is 5.56 Å². The van der Waals surface area contributed by atoms with Crippen LogP contribution >= 0.6 is 0 Å². The lowest BCUT2D eigenvalue weighted by molar-refractivity contribution is 0.0697. The Bertz CT molecular complexity index is 693. The van der Waals surface area contributed by atoms with Crippen LogP contribution in [0.25, 0.3) is 10.9 Å². The summed E-state index contributed by atoms with van der Waals surface area (Å²) in [4.78, 5) is 22.7. The second kappa shape index (κ2) is 4.78. The summed E-state index contributed by atoms with van der Waals surface area (Å²) in [6, 6.07) is 5.29. The molecule has 20 heavy (non-hydrogen) atoms. The molecule has 0 spiro atoms. The van der Waals surface area contributed by atoms with E-state index >= 15 is 0 Å². The minimum Gasteiger partial charge on any atom is -0.561 e. The summed E-state index contributed by atoms with van der Waals surface area (Å²) in [5.74, 6) is -0.250. The molecule has 1 saturated carbocycles. The van der Waals surface area contributed by atoms with E-state index in [2.05, 4.69) is 0 Å². The molecule has 0 amide bonds. The van der Waals surface area contributed by atoms with Crippen molar-refractivity contribution in [3.05, 3.63) is 35.0 Å². The molecule has 2 aromatic rings. The van der Waals surface area contributed by atoms with Gasteiger partial charge >= 0.3 is 5.97 Å². The molecule has 1 aliphatic rings. The van der Waals surface area contributed by atoms with Gasteiger partial charge in [0.2, 0.25) is 0 Å². The van der Waals surface area contributed by atoms with Gasteiger partial charge in [0.25, 0.3) is 0 Å². The van der Waals surface area contributed by atoms with E-state index < -0.39 is 5.97 Å². The van der Waals surface area contributed by atoms with E-state index in [0.29, 0.717) is 17.2 Å². The summed E-state index contributed by atoms with van der Waals surface area (Å²) in [6.07, 6.45) is 5.58. The molecule has 0 unspecified atom stereocenters. The molecule has 104 valence electrons. The van der Waals surface area contributed by atoms with E-state index in [1.807, 2.05) is 17.7 Å². The van der Waals surface area contributed by atoms with Gasteiger partial charge in [-0.3, -0.25) is 4.79 Å². The van der Waals surface area contributed by atoms with Crippen molar-refractivity contribution in [1.82, 2.24) is 4.57 Å². The molecule has 1 aromatic heterocycles.